The highest BCUT2D eigenvalue weighted by Gasteiger charge is 2.03. The lowest BCUT2D eigenvalue weighted by Gasteiger charge is -2.03. The van der Waals surface area contributed by atoms with Crippen LogP contribution in [0.5, 0.6) is 0 Å². The molecule has 0 bridgehead atoms. The van der Waals surface area contributed by atoms with Crippen molar-refractivity contribution in [2.75, 3.05) is 5.43 Å². The van der Waals surface area contributed by atoms with Gasteiger partial charge in [-0.3, -0.25) is 5.43 Å². The van der Waals surface area contributed by atoms with E-state index in [-0.39, 0.29) is 0 Å². The molecule has 18 heavy (non-hydrogen) atoms. The van der Waals surface area contributed by atoms with Gasteiger partial charge in [0.1, 0.15) is 17.2 Å². The van der Waals surface area contributed by atoms with E-state index in [1.54, 1.807) is 18.2 Å². The van der Waals surface area contributed by atoms with Crippen LogP contribution in [-0.2, 0) is 0 Å². The minimum absolute atomic E-state index is 0.489. The largest absolute Gasteiger partial charge is 0.460 e. The van der Waals surface area contributed by atoms with Gasteiger partial charge in [0.25, 0.3) is 0 Å². The second kappa shape index (κ2) is 5.46. The van der Waals surface area contributed by atoms with Gasteiger partial charge in [0.15, 0.2) is 0 Å². The first kappa shape index (κ1) is 13.0. The van der Waals surface area contributed by atoms with Crippen LogP contribution in [0.4, 0.5) is 5.69 Å². The quantitative estimate of drug-likeness (QED) is 0.653. The minimum atomic E-state index is 0.489. The molecule has 94 valence electrons. The number of aryl methyl sites for hydroxylation is 1. The molecule has 0 amide bonds. The van der Waals surface area contributed by atoms with Crippen molar-refractivity contribution in [2.45, 2.75) is 13.8 Å². The van der Waals surface area contributed by atoms with Crippen molar-refractivity contribution in [1.82, 2.24) is 0 Å². The van der Waals surface area contributed by atoms with Crippen molar-refractivity contribution in [2.24, 2.45) is 5.10 Å². The maximum absolute atomic E-state index is 5.91. The van der Waals surface area contributed by atoms with E-state index in [4.69, 9.17) is 27.6 Å². The summed E-state index contributed by atoms with van der Waals surface area (Å²) in [6.07, 6.45) is 0. The van der Waals surface area contributed by atoms with E-state index in [0.717, 1.165) is 22.9 Å². The predicted octanol–water partition coefficient (Wildman–Crippen LogP) is 4.73. The molecule has 2 rings (SSSR count). The van der Waals surface area contributed by atoms with E-state index >= 15 is 0 Å². The highest BCUT2D eigenvalue weighted by molar-refractivity contribution is 6.42. The van der Waals surface area contributed by atoms with Gasteiger partial charge in [0, 0.05) is 0 Å². The van der Waals surface area contributed by atoms with Crippen LogP contribution in [0, 0.1) is 6.92 Å². The van der Waals surface area contributed by atoms with Gasteiger partial charge < -0.3 is 4.42 Å². The second-order valence-electron chi connectivity index (χ2n) is 3.85. The minimum Gasteiger partial charge on any atom is -0.460 e. The summed E-state index contributed by atoms with van der Waals surface area (Å²) in [5.74, 6) is 1.59. The Morgan fingerprint density at radius 2 is 1.94 bits per heavy atom. The number of hydrogen-bond acceptors (Lipinski definition) is 3. The lowest BCUT2D eigenvalue weighted by molar-refractivity contribution is 0.525. The van der Waals surface area contributed by atoms with E-state index in [1.165, 1.54) is 0 Å². The molecule has 1 aromatic heterocycles. The van der Waals surface area contributed by atoms with Crippen LogP contribution < -0.4 is 5.43 Å². The number of halogens is 2. The first-order chi connectivity index (χ1) is 8.56. The van der Waals surface area contributed by atoms with E-state index < -0.39 is 0 Å². The van der Waals surface area contributed by atoms with E-state index in [9.17, 15) is 0 Å². The van der Waals surface area contributed by atoms with Gasteiger partial charge in [0.2, 0.25) is 0 Å². The van der Waals surface area contributed by atoms with Gasteiger partial charge in [-0.2, -0.15) is 5.10 Å². The number of hydrogen-bond donors (Lipinski definition) is 1. The third-order valence-corrected chi connectivity index (χ3v) is 3.11. The first-order valence-corrected chi connectivity index (χ1v) is 6.14. The third kappa shape index (κ3) is 3.06. The molecule has 1 aromatic carbocycles. The van der Waals surface area contributed by atoms with Crippen molar-refractivity contribution < 1.29 is 4.42 Å². The maximum atomic E-state index is 5.91. The number of nitrogens with zero attached hydrogens (tertiary/aromatic N) is 1. The number of hydrazone groups is 1. The zero-order valence-corrected chi connectivity index (χ0v) is 11.5. The normalized spacial score (nSPS) is 11.7. The van der Waals surface area contributed by atoms with Gasteiger partial charge in [-0.15, -0.1) is 0 Å². The van der Waals surface area contributed by atoms with Crippen molar-refractivity contribution in [1.29, 1.82) is 0 Å². The molecule has 1 heterocycles. The molecule has 5 heteroatoms. The fourth-order valence-electron chi connectivity index (χ4n) is 1.40. The highest BCUT2D eigenvalue weighted by atomic mass is 35.5. The Morgan fingerprint density at radius 3 is 2.56 bits per heavy atom. The highest BCUT2D eigenvalue weighted by Crippen LogP contribution is 2.25. The molecule has 0 saturated heterocycles. The molecular weight excluding hydrogens is 271 g/mol. The first-order valence-electron chi connectivity index (χ1n) is 5.38. The van der Waals surface area contributed by atoms with Crippen molar-refractivity contribution >= 4 is 34.6 Å². The Morgan fingerprint density at radius 1 is 1.17 bits per heavy atom. The predicted molar refractivity (Wildman–Crippen MR) is 75.7 cm³/mol. The van der Waals surface area contributed by atoms with Crippen LogP contribution in [0.2, 0.25) is 10.0 Å². The summed E-state index contributed by atoms with van der Waals surface area (Å²) in [5, 5.41) is 5.23. The topological polar surface area (TPSA) is 37.5 Å². The average Bonchev–Trinajstić information content (AvgIpc) is 2.77. The van der Waals surface area contributed by atoms with Crippen molar-refractivity contribution in [3.05, 3.63) is 51.9 Å². The molecule has 0 spiro atoms. The maximum Gasteiger partial charge on any atom is 0.149 e. The van der Waals surface area contributed by atoms with Crippen LogP contribution in [0.1, 0.15) is 18.4 Å². The molecule has 0 fully saturated rings. The summed E-state index contributed by atoms with van der Waals surface area (Å²) >= 11 is 11.7. The molecule has 1 N–H and O–H groups in total. The smallest absolute Gasteiger partial charge is 0.149 e. The summed E-state index contributed by atoms with van der Waals surface area (Å²) in [6.45, 7) is 3.76. The van der Waals surface area contributed by atoms with Gasteiger partial charge >= 0.3 is 0 Å². The lowest BCUT2D eigenvalue weighted by atomic mass is 10.3. The molecule has 0 saturated carbocycles. The summed E-state index contributed by atoms with van der Waals surface area (Å²) in [4.78, 5) is 0. The number of rotatable bonds is 3. The summed E-state index contributed by atoms with van der Waals surface area (Å²) in [6, 6.07) is 9.01. The molecule has 0 aliphatic rings. The van der Waals surface area contributed by atoms with Gasteiger partial charge in [-0.05, 0) is 44.2 Å². The van der Waals surface area contributed by atoms with Crippen LogP contribution in [0.3, 0.4) is 0 Å². The van der Waals surface area contributed by atoms with Crippen LogP contribution in [-0.4, -0.2) is 5.71 Å². The van der Waals surface area contributed by atoms with Gasteiger partial charge in [-0.1, -0.05) is 23.2 Å². The Kier molecular flexibility index (Phi) is 3.94. The van der Waals surface area contributed by atoms with Crippen molar-refractivity contribution in [3.63, 3.8) is 0 Å². The average molecular weight is 283 g/mol. The summed E-state index contributed by atoms with van der Waals surface area (Å²) in [5.41, 5.74) is 4.43. The Bertz CT molecular complexity index is 590. The summed E-state index contributed by atoms with van der Waals surface area (Å²) < 4.78 is 5.46. The molecule has 3 nitrogen and oxygen atoms in total. The number of nitrogens with one attached hydrogen (secondary N) is 1. The van der Waals surface area contributed by atoms with Gasteiger partial charge in [0.05, 0.1) is 15.7 Å². The zero-order chi connectivity index (χ0) is 13.1. The van der Waals surface area contributed by atoms with E-state index in [2.05, 4.69) is 10.5 Å². The monoisotopic (exact) mass is 282 g/mol. The van der Waals surface area contributed by atoms with Crippen molar-refractivity contribution in [3.8, 4) is 0 Å². The Balaban J connectivity index is 2.12. The summed E-state index contributed by atoms with van der Waals surface area (Å²) in [7, 11) is 0. The molecule has 0 aliphatic carbocycles. The Hall–Kier alpha value is -1.45. The Labute approximate surface area is 115 Å². The number of benzene rings is 1. The molecular formula is C13H12Cl2N2O. The van der Waals surface area contributed by atoms with Crippen LogP contribution >= 0.6 is 23.2 Å². The molecule has 0 radical (unpaired) electrons. The molecule has 2 aromatic rings. The van der Waals surface area contributed by atoms with E-state index in [1.807, 2.05) is 26.0 Å². The van der Waals surface area contributed by atoms with Crippen LogP contribution in [0.25, 0.3) is 0 Å². The standard InChI is InChI=1S/C13H12Cl2N2O/c1-8-3-6-13(18-8)9(2)16-17-10-4-5-11(14)12(15)7-10/h3-7,17H,1-2H3/b16-9-. The molecule has 0 aliphatic heterocycles. The van der Waals surface area contributed by atoms with E-state index in [0.29, 0.717) is 10.0 Å². The van der Waals surface area contributed by atoms with Gasteiger partial charge in [-0.25, -0.2) is 0 Å². The number of anilines is 1. The fraction of sp³-hybridized carbons (Fsp3) is 0.154. The number of furan rings is 1. The molecule has 0 unspecified atom stereocenters. The SMILES string of the molecule is C/C(=N/Nc1ccc(Cl)c(Cl)c1)c1ccc(C)o1. The van der Waals surface area contributed by atoms with Crippen LogP contribution in [0.15, 0.2) is 39.9 Å². The molecule has 0 atom stereocenters. The lowest BCUT2D eigenvalue weighted by Crippen LogP contribution is -1.98. The fourth-order valence-corrected chi connectivity index (χ4v) is 1.70. The second-order valence-corrected chi connectivity index (χ2v) is 4.66. The third-order valence-electron chi connectivity index (χ3n) is 2.37. The zero-order valence-electron chi connectivity index (χ0n) is 10.00.